The van der Waals surface area contributed by atoms with E-state index in [1.54, 1.807) is 11.4 Å². The molecule has 0 aliphatic heterocycles. The van der Waals surface area contributed by atoms with Crippen LogP contribution in [0.4, 0.5) is 18.9 Å². The summed E-state index contributed by atoms with van der Waals surface area (Å²) in [6.07, 6.45) is 0. The maximum absolute atomic E-state index is 13.7. The van der Waals surface area contributed by atoms with Crippen LogP contribution in [0.1, 0.15) is 23.9 Å². The second-order valence-corrected chi connectivity index (χ2v) is 7.29. The van der Waals surface area contributed by atoms with Crippen molar-refractivity contribution in [1.82, 2.24) is 19.6 Å². The fourth-order valence-electron chi connectivity index (χ4n) is 2.36. The Morgan fingerprint density at radius 1 is 1.15 bits per heavy atom. The molecule has 27 heavy (non-hydrogen) atoms. The average Bonchev–Trinajstić information content (AvgIpc) is 3.02. The third-order valence-electron chi connectivity index (χ3n) is 4.19. The van der Waals surface area contributed by atoms with Crippen LogP contribution in [0.5, 0.6) is 0 Å². The summed E-state index contributed by atoms with van der Waals surface area (Å²) in [6, 6.07) is 1.71. The van der Waals surface area contributed by atoms with Gasteiger partial charge >= 0.3 is 0 Å². The Hall–Kier alpha value is -2.62. The Morgan fingerprint density at radius 2 is 1.85 bits per heavy atom. The van der Waals surface area contributed by atoms with Gasteiger partial charge in [-0.15, -0.1) is 5.10 Å². The molecule has 6 nitrogen and oxygen atoms in total. The molecule has 3 aromatic rings. The molecule has 2 heterocycles. The number of rotatable bonds is 4. The van der Waals surface area contributed by atoms with Crippen LogP contribution in [0.3, 0.4) is 0 Å². The molecule has 0 aliphatic carbocycles. The molecule has 0 bridgehead atoms. The highest BCUT2D eigenvalue weighted by atomic mass is 32.2. The van der Waals surface area contributed by atoms with Crippen molar-refractivity contribution in [2.45, 2.75) is 38.1 Å². The van der Waals surface area contributed by atoms with E-state index in [1.807, 2.05) is 20.8 Å². The number of thioether (sulfide) groups is 1. The first kappa shape index (κ1) is 19.2. The van der Waals surface area contributed by atoms with Gasteiger partial charge in [0, 0.05) is 11.4 Å². The summed E-state index contributed by atoms with van der Waals surface area (Å²) in [6.45, 7) is 7.26. The Balaban J connectivity index is 1.78. The standard InChI is InChI=1S/C17H16F3N5OS/c1-7-8(2)21-16-23-17(24-25(16)9(7)3)27-10(4)15(26)22-12-6-5-11(18)13(19)14(12)20/h5-6,10H,1-4H3,(H,22,26). The number of aryl methyl sites for hydroxylation is 2. The Morgan fingerprint density at radius 3 is 2.56 bits per heavy atom. The molecule has 0 radical (unpaired) electrons. The lowest BCUT2D eigenvalue weighted by Gasteiger charge is -2.11. The Labute approximate surface area is 157 Å². The summed E-state index contributed by atoms with van der Waals surface area (Å²) in [5.74, 6) is -4.59. The number of hydrogen-bond donors (Lipinski definition) is 1. The number of nitrogens with one attached hydrogen (secondary N) is 1. The maximum atomic E-state index is 13.7. The van der Waals surface area contributed by atoms with E-state index >= 15 is 0 Å². The van der Waals surface area contributed by atoms with Crippen LogP contribution in [0, 0.1) is 38.2 Å². The van der Waals surface area contributed by atoms with Crippen molar-refractivity contribution in [3.8, 4) is 0 Å². The number of carbonyl (C=O) groups is 1. The van der Waals surface area contributed by atoms with Crippen LogP contribution in [-0.2, 0) is 4.79 Å². The van der Waals surface area contributed by atoms with E-state index in [0.717, 1.165) is 40.8 Å². The van der Waals surface area contributed by atoms with Gasteiger partial charge in [-0.25, -0.2) is 22.7 Å². The van der Waals surface area contributed by atoms with Crippen molar-refractivity contribution in [1.29, 1.82) is 0 Å². The second kappa shape index (κ2) is 7.18. The van der Waals surface area contributed by atoms with Gasteiger partial charge in [-0.3, -0.25) is 4.79 Å². The quantitative estimate of drug-likeness (QED) is 0.540. The van der Waals surface area contributed by atoms with Gasteiger partial charge in [0.05, 0.1) is 10.9 Å². The fraction of sp³-hybridized carbons (Fsp3) is 0.294. The lowest BCUT2D eigenvalue weighted by Crippen LogP contribution is -2.23. The zero-order valence-corrected chi connectivity index (χ0v) is 15.8. The molecule has 3 rings (SSSR count). The molecule has 1 atom stereocenters. The highest BCUT2D eigenvalue weighted by Gasteiger charge is 2.21. The van der Waals surface area contributed by atoms with E-state index in [-0.39, 0.29) is 0 Å². The minimum atomic E-state index is -1.64. The van der Waals surface area contributed by atoms with E-state index in [9.17, 15) is 18.0 Å². The largest absolute Gasteiger partial charge is 0.323 e. The molecular formula is C17H16F3N5OS. The molecule has 1 amide bonds. The number of amides is 1. The second-order valence-electron chi connectivity index (χ2n) is 5.99. The smallest absolute Gasteiger partial charge is 0.253 e. The monoisotopic (exact) mass is 395 g/mol. The number of benzene rings is 1. The molecule has 0 spiro atoms. The average molecular weight is 395 g/mol. The normalized spacial score (nSPS) is 12.4. The fourth-order valence-corrected chi connectivity index (χ4v) is 3.10. The van der Waals surface area contributed by atoms with E-state index in [1.165, 1.54) is 0 Å². The summed E-state index contributed by atoms with van der Waals surface area (Å²) in [4.78, 5) is 20.9. The van der Waals surface area contributed by atoms with E-state index in [4.69, 9.17) is 0 Å². The molecule has 2 aromatic heterocycles. The molecule has 0 fully saturated rings. The lowest BCUT2D eigenvalue weighted by molar-refractivity contribution is -0.115. The zero-order valence-electron chi connectivity index (χ0n) is 15.0. The topological polar surface area (TPSA) is 72.2 Å². The van der Waals surface area contributed by atoms with Crippen LogP contribution in [0.25, 0.3) is 5.78 Å². The number of carbonyl (C=O) groups excluding carboxylic acids is 1. The predicted molar refractivity (Wildman–Crippen MR) is 95.3 cm³/mol. The SMILES string of the molecule is Cc1nc2nc(SC(C)C(=O)Nc3ccc(F)c(F)c3F)nn2c(C)c1C. The summed E-state index contributed by atoms with van der Waals surface area (Å²) < 4.78 is 41.5. The van der Waals surface area contributed by atoms with Gasteiger partial charge < -0.3 is 5.32 Å². The minimum Gasteiger partial charge on any atom is -0.323 e. The van der Waals surface area contributed by atoms with Gasteiger partial charge in [-0.2, -0.15) is 4.98 Å². The van der Waals surface area contributed by atoms with Crippen LogP contribution in [0.15, 0.2) is 17.3 Å². The van der Waals surface area contributed by atoms with Crippen molar-refractivity contribution in [2.24, 2.45) is 0 Å². The molecule has 10 heteroatoms. The number of nitrogens with zero attached hydrogens (tertiary/aromatic N) is 4. The summed E-state index contributed by atoms with van der Waals surface area (Å²) >= 11 is 1.04. The first-order valence-corrected chi connectivity index (χ1v) is 8.88. The Bertz CT molecular complexity index is 1050. The first-order chi connectivity index (χ1) is 12.7. The first-order valence-electron chi connectivity index (χ1n) is 8.00. The molecular weight excluding hydrogens is 379 g/mol. The molecule has 0 aliphatic rings. The summed E-state index contributed by atoms with van der Waals surface area (Å²) in [5, 5.41) is 6.18. The third-order valence-corrected chi connectivity index (χ3v) is 5.14. The highest BCUT2D eigenvalue weighted by molar-refractivity contribution is 8.00. The highest BCUT2D eigenvalue weighted by Crippen LogP contribution is 2.24. The van der Waals surface area contributed by atoms with Gasteiger partial charge in [0.15, 0.2) is 17.5 Å². The number of aromatic nitrogens is 4. The third kappa shape index (κ3) is 3.61. The molecule has 142 valence electrons. The van der Waals surface area contributed by atoms with Crippen LogP contribution in [-0.4, -0.2) is 30.7 Å². The summed E-state index contributed by atoms with van der Waals surface area (Å²) in [7, 11) is 0. The van der Waals surface area contributed by atoms with E-state index in [0.29, 0.717) is 10.9 Å². The molecule has 1 N–H and O–H groups in total. The molecule has 1 unspecified atom stereocenters. The zero-order chi connectivity index (χ0) is 19.9. The van der Waals surface area contributed by atoms with Crippen LogP contribution in [0.2, 0.25) is 0 Å². The summed E-state index contributed by atoms with van der Waals surface area (Å²) in [5.41, 5.74) is 2.28. The maximum Gasteiger partial charge on any atom is 0.253 e. The van der Waals surface area contributed by atoms with Crippen molar-refractivity contribution in [2.75, 3.05) is 5.32 Å². The molecule has 0 saturated carbocycles. The number of anilines is 1. The van der Waals surface area contributed by atoms with Crippen molar-refractivity contribution in [3.63, 3.8) is 0 Å². The number of fused-ring (bicyclic) bond motifs is 1. The lowest BCUT2D eigenvalue weighted by atomic mass is 10.2. The van der Waals surface area contributed by atoms with Gasteiger partial charge in [0.2, 0.25) is 11.1 Å². The minimum absolute atomic E-state index is 0.323. The van der Waals surface area contributed by atoms with E-state index in [2.05, 4.69) is 20.4 Å². The number of halogens is 3. The number of hydrogen-bond acceptors (Lipinski definition) is 5. The van der Waals surface area contributed by atoms with E-state index < -0.39 is 34.3 Å². The van der Waals surface area contributed by atoms with Crippen LogP contribution >= 0.6 is 11.8 Å². The van der Waals surface area contributed by atoms with Crippen molar-refractivity contribution < 1.29 is 18.0 Å². The predicted octanol–water partition coefficient (Wildman–Crippen LogP) is 3.59. The van der Waals surface area contributed by atoms with Gasteiger partial charge in [-0.1, -0.05) is 11.8 Å². The Kier molecular flexibility index (Phi) is 5.09. The van der Waals surface area contributed by atoms with Crippen molar-refractivity contribution in [3.05, 3.63) is 46.5 Å². The molecule has 0 saturated heterocycles. The molecule has 1 aromatic carbocycles. The van der Waals surface area contributed by atoms with Gasteiger partial charge in [0.1, 0.15) is 0 Å². The van der Waals surface area contributed by atoms with Gasteiger partial charge in [-0.05, 0) is 45.4 Å². The van der Waals surface area contributed by atoms with Crippen molar-refractivity contribution >= 4 is 29.1 Å². The van der Waals surface area contributed by atoms with Crippen LogP contribution < -0.4 is 5.32 Å². The van der Waals surface area contributed by atoms with Gasteiger partial charge in [0.25, 0.3) is 5.78 Å².